The minimum Gasteiger partial charge on any atom is -0.484 e. The van der Waals surface area contributed by atoms with E-state index in [1.807, 2.05) is 18.5 Å². The molecular weight excluding hydrogens is 441 g/mol. The number of nitrogens with zero attached hydrogens (tertiary/aromatic N) is 3. The van der Waals surface area contributed by atoms with E-state index in [1.54, 1.807) is 11.0 Å². The summed E-state index contributed by atoms with van der Waals surface area (Å²) in [5.41, 5.74) is 0.220. The van der Waals surface area contributed by atoms with Crippen molar-refractivity contribution in [2.24, 2.45) is 0 Å². The average Bonchev–Trinajstić information content (AvgIpc) is 3.27. The molecule has 4 rings (SSSR count). The maximum atomic E-state index is 14.2. The van der Waals surface area contributed by atoms with E-state index in [4.69, 9.17) is 14.2 Å². The maximum absolute atomic E-state index is 14.2. The van der Waals surface area contributed by atoms with Crippen LogP contribution in [0.5, 0.6) is 11.6 Å². The van der Waals surface area contributed by atoms with Gasteiger partial charge in [-0.2, -0.15) is 5.10 Å². The van der Waals surface area contributed by atoms with Gasteiger partial charge in [0.05, 0.1) is 11.0 Å². The van der Waals surface area contributed by atoms with Crippen LogP contribution in [-0.4, -0.2) is 61.2 Å². The fourth-order valence-corrected chi connectivity index (χ4v) is 4.54. The fourth-order valence-electron chi connectivity index (χ4n) is 3.91. The molecule has 0 radical (unpaired) electrons. The molecule has 0 atom stereocenters. The second kappa shape index (κ2) is 8.27. The van der Waals surface area contributed by atoms with E-state index in [2.05, 4.69) is 5.10 Å². The number of fused-ring (bicyclic) bond motifs is 2. The molecule has 1 amide bonds. The van der Waals surface area contributed by atoms with Gasteiger partial charge in [0.1, 0.15) is 24.4 Å². The first kappa shape index (κ1) is 22.4. The van der Waals surface area contributed by atoms with Gasteiger partial charge in [-0.05, 0) is 44.9 Å². The van der Waals surface area contributed by atoms with Gasteiger partial charge in [0, 0.05) is 25.4 Å². The lowest BCUT2D eigenvalue weighted by Crippen LogP contribution is -2.49. The van der Waals surface area contributed by atoms with E-state index in [-0.39, 0.29) is 35.0 Å². The Kier molecular flexibility index (Phi) is 5.78. The largest absolute Gasteiger partial charge is 0.484 e. The molecule has 11 heteroatoms. The van der Waals surface area contributed by atoms with E-state index in [1.165, 1.54) is 12.1 Å². The van der Waals surface area contributed by atoms with Crippen LogP contribution in [0, 0.1) is 5.82 Å². The highest BCUT2D eigenvalue weighted by atomic mass is 32.2. The van der Waals surface area contributed by atoms with Crippen LogP contribution in [0.25, 0.3) is 0 Å². The topological polar surface area (TPSA) is 100.0 Å². The highest BCUT2D eigenvalue weighted by Gasteiger charge is 2.45. The summed E-state index contributed by atoms with van der Waals surface area (Å²) in [4.78, 5) is 13.7. The Morgan fingerprint density at radius 3 is 2.62 bits per heavy atom. The summed E-state index contributed by atoms with van der Waals surface area (Å²) in [7, 11) is -3.50. The molecule has 2 aliphatic heterocycles. The number of hydrogen-bond donors (Lipinski definition) is 0. The van der Waals surface area contributed by atoms with Gasteiger partial charge in [-0.15, -0.1) is 0 Å². The minimum absolute atomic E-state index is 0.00141. The predicted molar refractivity (Wildman–Crippen MR) is 112 cm³/mol. The number of likely N-dealkylation sites (tertiary alicyclic amines) is 1. The van der Waals surface area contributed by atoms with Crippen LogP contribution in [-0.2, 0) is 26.7 Å². The van der Waals surface area contributed by atoms with Crippen molar-refractivity contribution >= 4 is 15.9 Å². The molecule has 0 N–H and O–H groups in total. The van der Waals surface area contributed by atoms with Gasteiger partial charge < -0.3 is 19.1 Å². The Morgan fingerprint density at radius 1 is 1.28 bits per heavy atom. The van der Waals surface area contributed by atoms with Gasteiger partial charge in [-0.3, -0.25) is 0 Å². The Labute approximate surface area is 186 Å². The molecule has 9 nitrogen and oxygen atoms in total. The molecule has 1 aromatic carbocycles. The zero-order valence-corrected chi connectivity index (χ0v) is 19.0. The molecule has 32 heavy (non-hydrogen) atoms. The summed E-state index contributed by atoms with van der Waals surface area (Å²) in [5, 5.41) is 4.60. The molecule has 1 aromatic heterocycles. The monoisotopic (exact) mass is 467 g/mol. The molecule has 1 spiro atoms. The molecular formula is C21H26FN3O6S. The molecule has 2 aromatic rings. The van der Waals surface area contributed by atoms with Crippen LogP contribution >= 0.6 is 0 Å². The SMILES string of the molecule is CC(C)OC(=O)N1CCC2(CC1)COc1cc(COc3ccc(S(C)(=O)=O)cc3F)nn12. The van der Waals surface area contributed by atoms with Crippen molar-refractivity contribution in [2.45, 2.75) is 49.8 Å². The summed E-state index contributed by atoms with van der Waals surface area (Å²) < 4.78 is 55.8. The van der Waals surface area contributed by atoms with Crippen LogP contribution in [0.15, 0.2) is 29.2 Å². The molecule has 1 saturated heterocycles. The number of piperidine rings is 1. The molecule has 0 unspecified atom stereocenters. The average molecular weight is 468 g/mol. The van der Waals surface area contributed by atoms with Crippen LogP contribution < -0.4 is 9.47 Å². The van der Waals surface area contributed by atoms with Crippen molar-refractivity contribution in [1.29, 1.82) is 0 Å². The first-order valence-corrected chi connectivity index (χ1v) is 12.3. The number of carbonyl (C=O) groups is 1. The number of carbonyl (C=O) groups excluding carboxylic acids is 1. The second-order valence-corrected chi connectivity index (χ2v) is 10.5. The molecule has 0 aliphatic carbocycles. The van der Waals surface area contributed by atoms with Gasteiger partial charge in [-0.1, -0.05) is 0 Å². The lowest BCUT2D eigenvalue weighted by Gasteiger charge is -2.37. The number of amides is 1. The molecule has 0 bridgehead atoms. The number of hydrogen-bond acceptors (Lipinski definition) is 7. The van der Waals surface area contributed by atoms with Gasteiger partial charge in [-0.25, -0.2) is 22.3 Å². The van der Waals surface area contributed by atoms with Crippen molar-refractivity contribution in [3.8, 4) is 11.6 Å². The normalized spacial score (nSPS) is 17.3. The summed E-state index contributed by atoms with van der Waals surface area (Å²) in [5.74, 6) is -0.207. The number of rotatable bonds is 5. The van der Waals surface area contributed by atoms with E-state index < -0.39 is 15.7 Å². The molecule has 3 heterocycles. The zero-order chi connectivity index (χ0) is 23.1. The third-order valence-corrected chi connectivity index (χ3v) is 6.77. The standard InChI is InChI=1S/C21H26FN3O6S/c1-14(2)31-20(26)24-8-6-21(7-9-24)13-30-19-10-15(23-25(19)21)12-29-18-5-4-16(11-17(18)22)32(3,27)28/h4-5,10-11,14H,6-9,12-13H2,1-3H3. The number of halogens is 1. The minimum atomic E-state index is -3.50. The zero-order valence-electron chi connectivity index (χ0n) is 18.2. The Bertz CT molecular complexity index is 1120. The Hall–Kier alpha value is -2.82. The van der Waals surface area contributed by atoms with Crippen molar-refractivity contribution < 1.29 is 31.8 Å². The first-order valence-electron chi connectivity index (χ1n) is 10.4. The fraction of sp³-hybridized carbons (Fsp3) is 0.524. The van der Waals surface area contributed by atoms with Crippen molar-refractivity contribution in [3.05, 3.63) is 35.8 Å². The van der Waals surface area contributed by atoms with Crippen molar-refractivity contribution in [2.75, 3.05) is 26.0 Å². The summed E-state index contributed by atoms with van der Waals surface area (Å²) in [6.07, 6.45) is 1.89. The number of sulfone groups is 1. The van der Waals surface area contributed by atoms with Crippen LogP contribution in [0.1, 0.15) is 32.4 Å². The maximum Gasteiger partial charge on any atom is 0.410 e. The second-order valence-electron chi connectivity index (χ2n) is 8.47. The smallest absolute Gasteiger partial charge is 0.410 e. The molecule has 1 fully saturated rings. The predicted octanol–water partition coefficient (Wildman–Crippen LogP) is 2.73. The lowest BCUT2D eigenvalue weighted by atomic mass is 9.89. The summed E-state index contributed by atoms with van der Waals surface area (Å²) in [6.45, 7) is 5.20. The molecule has 2 aliphatic rings. The summed E-state index contributed by atoms with van der Waals surface area (Å²) in [6, 6.07) is 5.28. The highest BCUT2D eigenvalue weighted by molar-refractivity contribution is 7.90. The van der Waals surface area contributed by atoms with Crippen LogP contribution in [0.2, 0.25) is 0 Å². The lowest BCUT2D eigenvalue weighted by molar-refractivity contribution is 0.0473. The number of aromatic nitrogens is 2. The number of ether oxygens (including phenoxy) is 3. The Balaban J connectivity index is 1.41. The van der Waals surface area contributed by atoms with Crippen LogP contribution in [0.3, 0.4) is 0 Å². The Morgan fingerprint density at radius 2 is 2.00 bits per heavy atom. The van der Waals surface area contributed by atoms with Gasteiger partial charge in [0.25, 0.3) is 0 Å². The van der Waals surface area contributed by atoms with Gasteiger partial charge in [0.15, 0.2) is 21.4 Å². The summed E-state index contributed by atoms with van der Waals surface area (Å²) >= 11 is 0. The van der Waals surface area contributed by atoms with E-state index in [0.717, 1.165) is 12.3 Å². The van der Waals surface area contributed by atoms with Gasteiger partial charge >= 0.3 is 6.09 Å². The van der Waals surface area contributed by atoms with Gasteiger partial charge in [0.2, 0.25) is 5.88 Å². The number of benzene rings is 1. The quantitative estimate of drug-likeness (QED) is 0.667. The third-order valence-electron chi connectivity index (χ3n) is 5.66. The van der Waals surface area contributed by atoms with E-state index >= 15 is 0 Å². The molecule has 0 saturated carbocycles. The first-order chi connectivity index (χ1) is 15.1. The van der Waals surface area contributed by atoms with Crippen molar-refractivity contribution in [1.82, 2.24) is 14.7 Å². The van der Waals surface area contributed by atoms with Crippen molar-refractivity contribution in [3.63, 3.8) is 0 Å². The third kappa shape index (κ3) is 4.38. The molecule has 174 valence electrons. The van der Waals surface area contributed by atoms with Crippen LogP contribution in [0.4, 0.5) is 9.18 Å². The van der Waals surface area contributed by atoms with E-state index in [9.17, 15) is 17.6 Å². The van der Waals surface area contributed by atoms with E-state index in [0.29, 0.717) is 44.1 Å². The highest BCUT2D eigenvalue weighted by Crippen LogP contribution is 2.39.